The summed E-state index contributed by atoms with van der Waals surface area (Å²) in [6.07, 6.45) is 1.69. The normalized spacial score (nSPS) is 15.1. The number of aryl methyl sites for hydroxylation is 2. The minimum Gasteiger partial charge on any atom is -0.345 e. The van der Waals surface area contributed by atoms with Crippen molar-refractivity contribution in [2.75, 3.05) is 31.1 Å². The lowest BCUT2D eigenvalue weighted by Gasteiger charge is -2.34. The van der Waals surface area contributed by atoms with Gasteiger partial charge in [0.1, 0.15) is 5.69 Å². The van der Waals surface area contributed by atoms with E-state index in [0.29, 0.717) is 25.3 Å². The number of fused-ring (bicyclic) bond motifs is 1. The molecular formula is C18H21N5OS. The van der Waals surface area contributed by atoms with Crippen LogP contribution in [-0.4, -0.2) is 51.8 Å². The van der Waals surface area contributed by atoms with Gasteiger partial charge in [0, 0.05) is 38.9 Å². The summed E-state index contributed by atoms with van der Waals surface area (Å²) in [5.74, 6) is 0.0687. The molecule has 0 atom stereocenters. The summed E-state index contributed by atoms with van der Waals surface area (Å²) >= 11 is 1.73. The topological polar surface area (TPSA) is 54.3 Å². The van der Waals surface area contributed by atoms with Gasteiger partial charge < -0.3 is 9.80 Å². The standard InChI is InChI=1S/C18H21N5OS/c1-3-23-14(7-8-19-23)17(24)21-9-11-22(12-10-21)18-20-16-13(2)5-4-6-15(16)25-18/h4-8H,3,9-12H2,1-2H3. The van der Waals surface area contributed by atoms with Gasteiger partial charge in [0.25, 0.3) is 5.91 Å². The first-order valence-electron chi connectivity index (χ1n) is 8.59. The second-order valence-electron chi connectivity index (χ2n) is 6.23. The van der Waals surface area contributed by atoms with Gasteiger partial charge in [-0.05, 0) is 31.5 Å². The van der Waals surface area contributed by atoms with Crippen molar-refractivity contribution in [3.05, 3.63) is 41.7 Å². The van der Waals surface area contributed by atoms with E-state index in [1.54, 1.807) is 28.3 Å². The maximum Gasteiger partial charge on any atom is 0.272 e. The van der Waals surface area contributed by atoms with Crippen molar-refractivity contribution in [1.29, 1.82) is 0 Å². The predicted octanol–water partition coefficient (Wildman–Crippen LogP) is 2.78. The van der Waals surface area contributed by atoms with Crippen molar-refractivity contribution in [1.82, 2.24) is 19.7 Å². The molecule has 1 aliphatic rings. The molecule has 0 unspecified atom stereocenters. The second-order valence-corrected chi connectivity index (χ2v) is 7.24. The van der Waals surface area contributed by atoms with Gasteiger partial charge in [0.15, 0.2) is 5.13 Å². The third-order valence-electron chi connectivity index (χ3n) is 4.68. The number of piperazine rings is 1. The lowest BCUT2D eigenvalue weighted by Crippen LogP contribution is -2.49. The zero-order valence-electron chi connectivity index (χ0n) is 14.5. The van der Waals surface area contributed by atoms with Gasteiger partial charge in [-0.1, -0.05) is 23.5 Å². The summed E-state index contributed by atoms with van der Waals surface area (Å²) in [4.78, 5) is 21.7. The maximum absolute atomic E-state index is 12.7. The summed E-state index contributed by atoms with van der Waals surface area (Å²) in [6.45, 7) is 7.84. The summed E-state index contributed by atoms with van der Waals surface area (Å²) in [5, 5.41) is 5.25. The number of hydrogen-bond donors (Lipinski definition) is 0. The van der Waals surface area contributed by atoms with Crippen LogP contribution >= 0.6 is 11.3 Å². The number of amides is 1. The van der Waals surface area contributed by atoms with E-state index >= 15 is 0 Å². The SMILES string of the molecule is CCn1nccc1C(=O)N1CCN(c2nc3c(C)cccc3s2)CC1. The first-order chi connectivity index (χ1) is 12.2. The Kier molecular flexibility index (Phi) is 4.17. The van der Waals surface area contributed by atoms with Gasteiger partial charge in [-0.2, -0.15) is 5.10 Å². The Labute approximate surface area is 150 Å². The van der Waals surface area contributed by atoms with Crippen LogP contribution in [0.3, 0.4) is 0 Å². The molecule has 4 rings (SSSR count). The molecule has 0 saturated carbocycles. The first-order valence-corrected chi connectivity index (χ1v) is 9.41. The molecule has 0 spiro atoms. The average molecular weight is 355 g/mol. The van der Waals surface area contributed by atoms with E-state index in [1.807, 2.05) is 11.8 Å². The fourth-order valence-corrected chi connectivity index (χ4v) is 4.33. The van der Waals surface area contributed by atoms with Crippen LogP contribution in [0.1, 0.15) is 23.0 Å². The van der Waals surface area contributed by atoms with E-state index < -0.39 is 0 Å². The van der Waals surface area contributed by atoms with E-state index in [0.717, 1.165) is 23.7 Å². The largest absolute Gasteiger partial charge is 0.345 e. The third kappa shape index (κ3) is 2.89. The molecule has 7 heteroatoms. The fourth-order valence-electron chi connectivity index (χ4n) is 3.24. The van der Waals surface area contributed by atoms with Crippen LogP contribution in [-0.2, 0) is 6.54 Å². The van der Waals surface area contributed by atoms with Crippen LogP contribution in [0.25, 0.3) is 10.2 Å². The van der Waals surface area contributed by atoms with Crippen molar-refractivity contribution < 1.29 is 4.79 Å². The van der Waals surface area contributed by atoms with Gasteiger partial charge in [-0.15, -0.1) is 0 Å². The minimum absolute atomic E-state index is 0.0687. The van der Waals surface area contributed by atoms with Crippen molar-refractivity contribution in [3.8, 4) is 0 Å². The molecule has 1 amide bonds. The van der Waals surface area contributed by atoms with Gasteiger partial charge in [0.2, 0.25) is 0 Å². The molecule has 0 bridgehead atoms. The predicted molar refractivity (Wildman–Crippen MR) is 100 cm³/mol. The molecule has 6 nitrogen and oxygen atoms in total. The Hall–Kier alpha value is -2.41. The Morgan fingerprint density at radius 3 is 2.72 bits per heavy atom. The van der Waals surface area contributed by atoms with Crippen LogP contribution < -0.4 is 4.90 Å². The number of nitrogens with zero attached hydrogens (tertiary/aromatic N) is 5. The zero-order chi connectivity index (χ0) is 17.4. The monoisotopic (exact) mass is 355 g/mol. The number of anilines is 1. The van der Waals surface area contributed by atoms with E-state index in [1.165, 1.54) is 10.3 Å². The zero-order valence-corrected chi connectivity index (χ0v) is 15.3. The molecule has 0 N–H and O–H groups in total. The molecule has 130 valence electrons. The van der Waals surface area contributed by atoms with E-state index in [-0.39, 0.29) is 5.91 Å². The molecule has 1 saturated heterocycles. The van der Waals surface area contributed by atoms with E-state index in [4.69, 9.17) is 4.98 Å². The Morgan fingerprint density at radius 1 is 1.20 bits per heavy atom. The lowest BCUT2D eigenvalue weighted by molar-refractivity contribution is 0.0734. The summed E-state index contributed by atoms with van der Waals surface area (Å²) in [5.41, 5.74) is 2.97. The molecule has 1 aromatic carbocycles. The summed E-state index contributed by atoms with van der Waals surface area (Å²) in [6, 6.07) is 8.09. The second kappa shape index (κ2) is 6.48. The molecule has 0 radical (unpaired) electrons. The molecule has 1 aliphatic heterocycles. The van der Waals surface area contributed by atoms with Crippen LogP contribution in [0.4, 0.5) is 5.13 Å². The average Bonchev–Trinajstić information content (AvgIpc) is 3.28. The third-order valence-corrected chi connectivity index (χ3v) is 5.76. The lowest BCUT2D eigenvalue weighted by atomic mass is 10.2. The quantitative estimate of drug-likeness (QED) is 0.725. The first kappa shape index (κ1) is 16.1. The highest BCUT2D eigenvalue weighted by atomic mass is 32.1. The Bertz CT molecular complexity index is 907. The maximum atomic E-state index is 12.7. The number of aromatic nitrogens is 3. The van der Waals surface area contributed by atoms with Gasteiger partial charge >= 0.3 is 0 Å². The molecule has 25 heavy (non-hydrogen) atoms. The van der Waals surface area contributed by atoms with E-state index in [2.05, 4.69) is 35.1 Å². The number of carbonyl (C=O) groups is 1. The van der Waals surface area contributed by atoms with Crippen LogP contribution in [0, 0.1) is 6.92 Å². The molecular weight excluding hydrogens is 334 g/mol. The summed E-state index contributed by atoms with van der Waals surface area (Å²) in [7, 11) is 0. The minimum atomic E-state index is 0.0687. The van der Waals surface area contributed by atoms with Crippen molar-refractivity contribution in [3.63, 3.8) is 0 Å². The number of thiazole rings is 1. The van der Waals surface area contributed by atoms with Gasteiger partial charge in [-0.3, -0.25) is 9.48 Å². The van der Waals surface area contributed by atoms with Crippen LogP contribution in [0.2, 0.25) is 0 Å². The highest BCUT2D eigenvalue weighted by Gasteiger charge is 2.25. The molecule has 0 aliphatic carbocycles. The molecule has 1 fully saturated rings. The molecule has 3 aromatic rings. The Balaban J connectivity index is 1.47. The fraction of sp³-hybridized carbons (Fsp3) is 0.389. The number of carbonyl (C=O) groups excluding carboxylic acids is 1. The van der Waals surface area contributed by atoms with Gasteiger partial charge in [0.05, 0.1) is 10.2 Å². The highest BCUT2D eigenvalue weighted by Crippen LogP contribution is 2.31. The number of benzene rings is 1. The smallest absolute Gasteiger partial charge is 0.272 e. The van der Waals surface area contributed by atoms with Crippen molar-refractivity contribution >= 4 is 32.6 Å². The molecule has 2 aromatic heterocycles. The van der Waals surface area contributed by atoms with Crippen LogP contribution in [0.5, 0.6) is 0 Å². The highest BCUT2D eigenvalue weighted by molar-refractivity contribution is 7.22. The number of para-hydroxylation sites is 1. The molecule has 3 heterocycles. The Morgan fingerprint density at radius 2 is 2.00 bits per heavy atom. The van der Waals surface area contributed by atoms with Crippen molar-refractivity contribution in [2.24, 2.45) is 0 Å². The summed E-state index contributed by atoms with van der Waals surface area (Å²) < 4.78 is 2.98. The van der Waals surface area contributed by atoms with E-state index in [9.17, 15) is 4.79 Å². The van der Waals surface area contributed by atoms with Gasteiger partial charge in [-0.25, -0.2) is 4.98 Å². The van der Waals surface area contributed by atoms with Crippen LogP contribution in [0.15, 0.2) is 30.5 Å². The van der Waals surface area contributed by atoms with Crippen molar-refractivity contribution in [2.45, 2.75) is 20.4 Å². The number of rotatable bonds is 3. The number of hydrogen-bond acceptors (Lipinski definition) is 5.